The molecule has 2 aromatic rings. The summed E-state index contributed by atoms with van der Waals surface area (Å²) < 4.78 is 6.93. The van der Waals surface area contributed by atoms with Gasteiger partial charge in [-0.3, -0.25) is 4.79 Å². The average Bonchev–Trinajstić information content (AvgIpc) is 2.99. The number of nitrogens with two attached hydrogens (primary N) is 1. The summed E-state index contributed by atoms with van der Waals surface area (Å²) in [6, 6.07) is 9.57. The Hall–Kier alpha value is -1.60. The quantitative estimate of drug-likeness (QED) is 0.641. The summed E-state index contributed by atoms with van der Waals surface area (Å²) >= 11 is 0. The Balaban J connectivity index is 0.00000288. The highest BCUT2D eigenvalue weighted by molar-refractivity contribution is 5.85. The van der Waals surface area contributed by atoms with E-state index >= 15 is 0 Å². The minimum absolute atomic E-state index is 0. The topological polar surface area (TPSA) is 82.2 Å². The number of amides is 1. The number of ether oxygens (including phenoxy) is 1. The predicted octanol–water partition coefficient (Wildman–Crippen LogP) is 1.80. The molecule has 0 unspecified atom stereocenters. The Labute approximate surface area is 161 Å². The van der Waals surface area contributed by atoms with Gasteiger partial charge < -0.3 is 20.4 Å². The molecule has 0 saturated carbocycles. The summed E-state index contributed by atoms with van der Waals surface area (Å²) in [6.45, 7) is 1.95. The van der Waals surface area contributed by atoms with Crippen LogP contribution in [0.1, 0.15) is 17.7 Å². The molecule has 0 spiro atoms. The highest BCUT2D eigenvalue weighted by Gasteiger charge is 2.15. The molecule has 25 heavy (non-hydrogen) atoms. The van der Waals surface area contributed by atoms with E-state index in [0.717, 1.165) is 18.7 Å². The maximum Gasteiger partial charge on any atom is 0.237 e. The first-order valence-electron chi connectivity index (χ1n) is 7.76. The molecule has 1 aromatic heterocycles. The summed E-state index contributed by atoms with van der Waals surface area (Å²) in [7, 11) is 1.64. The van der Waals surface area contributed by atoms with Crippen molar-refractivity contribution in [1.29, 1.82) is 0 Å². The number of halogens is 2. The molecule has 1 heterocycles. The van der Waals surface area contributed by atoms with Crippen molar-refractivity contribution in [2.24, 2.45) is 5.73 Å². The van der Waals surface area contributed by atoms with E-state index in [0.29, 0.717) is 19.6 Å². The summed E-state index contributed by atoms with van der Waals surface area (Å²) in [5, 5.41) is 2.81. The molecule has 1 atom stereocenters. The number of carbonyl (C=O) groups excluding carboxylic acids is 1. The number of imidazole rings is 1. The lowest BCUT2D eigenvalue weighted by atomic mass is 10.1. The third-order valence-electron chi connectivity index (χ3n) is 3.48. The zero-order valence-electron chi connectivity index (χ0n) is 14.3. The molecule has 1 aromatic carbocycles. The van der Waals surface area contributed by atoms with Crippen LogP contribution in [-0.2, 0) is 22.5 Å². The molecule has 0 fully saturated rings. The lowest BCUT2D eigenvalue weighted by Crippen LogP contribution is -2.42. The standard InChI is InChI=1S/C17H24N4O2.2ClH/c1-23-9-5-8-19-17(22)16(18)10-15-12-21(13-20-15)11-14-6-3-2-4-7-14;;/h2-4,6-7,12-13,16H,5,8-11,18H2,1H3,(H,19,22);2*1H/t16-;;/m0../s1. The summed E-state index contributed by atoms with van der Waals surface area (Å²) in [5.41, 5.74) is 7.96. The highest BCUT2D eigenvalue weighted by atomic mass is 35.5. The van der Waals surface area contributed by atoms with Crippen LogP contribution < -0.4 is 11.1 Å². The van der Waals surface area contributed by atoms with Gasteiger partial charge in [0.1, 0.15) is 0 Å². The van der Waals surface area contributed by atoms with E-state index in [1.165, 1.54) is 5.56 Å². The Kier molecular flexibility index (Phi) is 11.9. The lowest BCUT2D eigenvalue weighted by molar-refractivity contribution is -0.122. The summed E-state index contributed by atoms with van der Waals surface area (Å²) in [4.78, 5) is 16.2. The zero-order chi connectivity index (χ0) is 16.5. The van der Waals surface area contributed by atoms with E-state index in [4.69, 9.17) is 10.5 Å². The predicted molar refractivity (Wildman–Crippen MR) is 103 cm³/mol. The highest BCUT2D eigenvalue weighted by Crippen LogP contribution is 2.05. The van der Waals surface area contributed by atoms with Crippen molar-refractivity contribution in [3.63, 3.8) is 0 Å². The van der Waals surface area contributed by atoms with Gasteiger partial charge in [-0.2, -0.15) is 0 Å². The van der Waals surface area contributed by atoms with Crippen molar-refractivity contribution in [2.75, 3.05) is 20.3 Å². The molecule has 6 nitrogen and oxygen atoms in total. The first-order chi connectivity index (χ1) is 11.2. The zero-order valence-corrected chi connectivity index (χ0v) is 15.9. The molecule has 0 aliphatic carbocycles. The second-order valence-electron chi connectivity index (χ2n) is 5.47. The fourth-order valence-electron chi connectivity index (χ4n) is 2.27. The molecule has 1 amide bonds. The van der Waals surface area contributed by atoms with E-state index in [9.17, 15) is 4.79 Å². The van der Waals surface area contributed by atoms with Gasteiger partial charge in [0.2, 0.25) is 5.91 Å². The SMILES string of the molecule is COCCCNC(=O)[C@@H](N)Cc1cn(Cc2ccccc2)cn1.Cl.Cl. The molecule has 0 aliphatic heterocycles. The monoisotopic (exact) mass is 388 g/mol. The van der Waals surface area contributed by atoms with Gasteiger partial charge in [0.05, 0.1) is 18.1 Å². The van der Waals surface area contributed by atoms with Crippen molar-refractivity contribution in [2.45, 2.75) is 25.4 Å². The van der Waals surface area contributed by atoms with Gasteiger partial charge in [-0.05, 0) is 12.0 Å². The van der Waals surface area contributed by atoms with Crippen molar-refractivity contribution >= 4 is 30.7 Å². The Morgan fingerprint density at radius 3 is 2.72 bits per heavy atom. The molecule has 140 valence electrons. The number of benzene rings is 1. The number of nitrogens with zero attached hydrogens (tertiary/aromatic N) is 2. The number of aromatic nitrogens is 2. The van der Waals surface area contributed by atoms with Gasteiger partial charge in [0.25, 0.3) is 0 Å². The minimum atomic E-state index is -0.586. The lowest BCUT2D eigenvalue weighted by Gasteiger charge is -2.10. The van der Waals surface area contributed by atoms with Gasteiger partial charge in [-0.15, -0.1) is 24.8 Å². The first-order valence-corrected chi connectivity index (χ1v) is 7.76. The molecule has 0 bridgehead atoms. The van der Waals surface area contributed by atoms with Gasteiger partial charge in [0.15, 0.2) is 0 Å². The maximum atomic E-state index is 11.9. The van der Waals surface area contributed by atoms with E-state index < -0.39 is 6.04 Å². The van der Waals surface area contributed by atoms with Crippen LogP contribution >= 0.6 is 24.8 Å². The van der Waals surface area contributed by atoms with Crippen LogP contribution in [0, 0.1) is 0 Å². The van der Waals surface area contributed by atoms with Crippen LogP contribution in [0.15, 0.2) is 42.9 Å². The molecule has 0 saturated heterocycles. The maximum absolute atomic E-state index is 11.9. The number of hydrogen-bond acceptors (Lipinski definition) is 4. The Morgan fingerprint density at radius 2 is 2.04 bits per heavy atom. The smallest absolute Gasteiger partial charge is 0.237 e. The number of methoxy groups -OCH3 is 1. The van der Waals surface area contributed by atoms with Crippen molar-refractivity contribution in [3.8, 4) is 0 Å². The first kappa shape index (κ1) is 23.4. The number of hydrogen-bond donors (Lipinski definition) is 2. The van der Waals surface area contributed by atoms with Gasteiger partial charge >= 0.3 is 0 Å². The molecule has 3 N–H and O–H groups in total. The van der Waals surface area contributed by atoms with Gasteiger partial charge in [0, 0.05) is 39.4 Å². The second kappa shape index (κ2) is 12.7. The summed E-state index contributed by atoms with van der Waals surface area (Å²) in [6.07, 6.45) is 4.91. The van der Waals surface area contributed by atoms with Crippen LogP contribution in [0.25, 0.3) is 0 Å². The van der Waals surface area contributed by atoms with Crippen LogP contribution in [0.2, 0.25) is 0 Å². The van der Waals surface area contributed by atoms with E-state index in [-0.39, 0.29) is 30.7 Å². The largest absolute Gasteiger partial charge is 0.385 e. The van der Waals surface area contributed by atoms with E-state index in [1.807, 2.05) is 29.0 Å². The van der Waals surface area contributed by atoms with Crippen LogP contribution in [0.5, 0.6) is 0 Å². The molecular formula is C17H26Cl2N4O2. The van der Waals surface area contributed by atoms with Gasteiger partial charge in [-0.25, -0.2) is 4.98 Å². The van der Waals surface area contributed by atoms with Crippen molar-refractivity contribution < 1.29 is 9.53 Å². The normalized spacial score (nSPS) is 11.1. The third-order valence-corrected chi connectivity index (χ3v) is 3.48. The molecule has 0 aliphatic rings. The van der Waals surface area contributed by atoms with Crippen LogP contribution in [0.3, 0.4) is 0 Å². The fraction of sp³-hybridized carbons (Fsp3) is 0.412. The number of rotatable bonds is 9. The van der Waals surface area contributed by atoms with Crippen molar-refractivity contribution in [1.82, 2.24) is 14.9 Å². The van der Waals surface area contributed by atoms with Crippen LogP contribution in [-0.4, -0.2) is 41.8 Å². The Bertz CT molecular complexity index is 608. The average molecular weight is 389 g/mol. The summed E-state index contributed by atoms with van der Waals surface area (Å²) in [5.74, 6) is -0.154. The fourth-order valence-corrected chi connectivity index (χ4v) is 2.27. The third kappa shape index (κ3) is 8.36. The van der Waals surface area contributed by atoms with Crippen LogP contribution in [0.4, 0.5) is 0 Å². The number of carbonyl (C=O) groups is 1. The second-order valence-corrected chi connectivity index (χ2v) is 5.47. The minimum Gasteiger partial charge on any atom is -0.385 e. The van der Waals surface area contributed by atoms with E-state index in [1.54, 1.807) is 13.4 Å². The van der Waals surface area contributed by atoms with Gasteiger partial charge in [-0.1, -0.05) is 30.3 Å². The van der Waals surface area contributed by atoms with E-state index in [2.05, 4.69) is 22.4 Å². The van der Waals surface area contributed by atoms with Crippen molar-refractivity contribution in [3.05, 3.63) is 54.1 Å². The molecule has 0 radical (unpaired) electrons. The Morgan fingerprint density at radius 1 is 1.32 bits per heavy atom. The molecule has 8 heteroatoms. The number of nitrogens with one attached hydrogen (secondary N) is 1. The molecule has 2 rings (SSSR count). The molecular weight excluding hydrogens is 363 g/mol.